The molecular weight excluding hydrogens is 188 g/mol. The van der Waals surface area contributed by atoms with Gasteiger partial charge in [0, 0.05) is 0 Å². The quantitative estimate of drug-likeness (QED) is 0.647. The highest BCUT2D eigenvalue weighted by atomic mass is 35.5. The van der Waals surface area contributed by atoms with Crippen LogP contribution >= 0.6 is 11.6 Å². The molecule has 0 atom stereocenters. The fourth-order valence-electron chi connectivity index (χ4n) is 1.09. The smallest absolute Gasteiger partial charge is 0.166 e. The van der Waals surface area contributed by atoms with Crippen molar-refractivity contribution >= 4 is 28.5 Å². The van der Waals surface area contributed by atoms with Crippen molar-refractivity contribution in [2.45, 2.75) is 6.92 Å². The number of anilines is 1. The zero-order chi connectivity index (χ0) is 9.42. The average Bonchev–Trinajstić information content (AvgIpc) is 2.02. The largest absolute Gasteiger partial charge is 0.384 e. The molecule has 2 aromatic rings. The summed E-state index contributed by atoms with van der Waals surface area (Å²) in [5, 5.41) is 1.14. The topological polar surface area (TPSA) is 64.7 Å². The SMILES string of the molecule is Cc1nc(Cl)c2ccc(N)nc2n1. The van der Waals surface area contributed by atoms with Gasteiger partial charge in [-0.3, -0.25) is 0 Å². The molecular formula is C8H7ClN4. The Hall–Kier alpha value is -1.42. The van der Waals surface area contributed by atoms with Crippen molar-refractivity contribution in [2.75, 3.05) is 5.73 Å². The van der Waals surface area contributed by atoms with Crippen LogP contribution in [0.15, 0.2) is 12.1 Å². The Balaban J connectivity index is 2.86. The number of nitrogen functional groups attached to an aromatic ring is 1. The van der Waals surface area contributed by atoms with Crippen molar-refractivity contribution in [2.24, 2.45) is 0 Å². The summed E-state index contributed by atoms with van der Waals surface area (Å²) in [6.07, 6.45) is 0. The van der Waals surface area contributed by atoms with Crippen molar-refractivity contribution in [1.29, 1.82) is 0 Å². The molecule has 2 rings (SSSR count). The molecule has 0 aliphatic carbocycles. The molecule has 2 N–H and O–H groups in total. The maximum Gasteiger partial charge on any atom is 0.166 e. The highest BCUT2D eigenvalue weighted by Crippen LogP contribution is 2.19. The highest BCUT2D eigenvalue weighted by Gasteiger charge is 2.04. The van der Waals surface area contributed by atoms with Crippen LogP contribution in [-0.4, -0.2) is 15.0 Å². The molecule has 0 spiro atoms. The molecule has 0 bridgehead atoms. The van der Waals surface area contributed by atoms with Crippen LogP contribution in [0.3, 0.4) is 0 Å². The number of fused-ring (bicyclic) bond motifs is 1. The van der Waals surface area contributed by atoms with Crippen molar-refractivity contribution in [3.05, 3.63) is 23.1 Å². The molecule has 0 aliphatic heterocycles. The third kappa shape index (κ3) is 1.40. The van der Waals surface area contributed by atoms with E-state index in [4.69, 9.17) is 17.3 Å². The maximum atomic E-state index is 5.88. The van der Waals surface area contributed by atoms with Crippen LogP contribution in [-0.2, 0) is 0 Å². The van der Waals surface area contributed by atoms with Gasteiger partial charge in [-0.05, 0) is 19.1 Å². The Morgan fingerprint density at radius 1 is 1.23 bits per heavy atom. The van der Waals surface area contributed by atoms with Gasteiger partial charge in [-0.1, -0.05) is 11.6 Å². The molecule has 0 amide bonds. The third-order valence-corrected chi connectivity index (χ3v) is 1.93. The van der Waals surface area contributed by atoms with Gasteiger partial charge in [-0.2, -0.15) is 0 Å². The molecule has 0 aromatic carbocycles. The lowest BCUT2D eigenvalue weighted by Crippen LogP contribution is -1.95. The molecule has 0 aliphatic rings. The van der Waals surface area contributed by atoms with E-state index < -0.39 is 0 Å². The van der Waals surface area contributed by atoms with E-state index in [1.54, 1.807) is 19.1 Å². The number of hydrogen-bond donors (Lipinski definition) is 1. The lowest BCUT2D eigenvalue weighted by molar-refractivity contribution is 1.07. The summed E-state index contributed by atoms with van der Waals surface area (Å²) < 4.78 is 0. The second-order valence-electron chi connectivity index (χ2n) is 2.67. The molecule has 0 radical (unpaired) electrons. The molecule has 0 saturated heterocycles. The lowest BCUT2D eigenvalue weighted by atomic mass is 10.3. The van der Waals surface area contributed by atoms with Crippen LogP contribution in [0.1, 0.15) is 5.82 Å². The van der Waals surface area contributed by atoms with Crippen LogP contribution in [0.4, 0.5) is 5.82 Å². The monoisotopic (exact) mass is 194 g/mol. The first-order valence-corrected chi connectivity index (χ1v) is 4.11. The second kappa shape index (κ2) is 2.81. The minimum atomic E-state index is 0.412. The van der Waals surface area contributed by atoms with Crippen LogP contribution < -0.4 is 5.73 Å². The second-order valence-corrected chi connectivity index (χ2v) is 3.03. The summed E-state index contributed by atoms with van der Waals surface area (Å²) in [7, 11) is 0. The molecule has 13 heavy (non-hydrogen) atoms. The lowest BCUT2D eigenvalue weighted by Gasteiger charge is -2.00. The standard InChI is InChI=1S/C8H7ClN4/c1-4-11-7(9)5-2-3-6(10)13-8(5)12-4/h2-3H,1H3,(H2,10,11,12,13). The van der Waals surface area contributed by atoms with Gasteiger partial charge in [0.1, 0.15) is 16.8 Å². The number of halogens is 1. The van der Waals surface area contributed by atoms with Gasteiger partial charge in [0.2, 0.25) is 0 Å². The molecule has 2 heterocycles. The van der Waals surface area contributed by atoms with E-state index in [0.29, 0.717) is 22.4 Å². The third-order valence-electron chi connectivity index (χ3n) is 1.65. The summed E-state index contributed by atoms with van der Waals surface area (Å²) in [5.74, 6) is 1.03. The van der Waals surface area contributed by atoms with Gasteiger partial charge in [0.25, 0.3) is 0 Å². The van der Waals surface area contributed by atoms with E-state index in [-0.39, 0.29) is 0 Å². The van der Waals surface area contributed by atoms with Gasteiger partial charge in [-0.15, -0.1) is 0 Å². The first kappa shape index (κ1) is 8.19. The maximum absolute atomic E-state index is 5.88. The minimum Gasteiger partial charge on any atom is -0.384 e. The first-order valence-electron chi connectivity index (χ1n) is 3.73. The Morgan fingerprint density at radius 2 is 2.00 bits per heavy atom. The predicted molar refractivity (Wildman–Crippen MR) is 51.5 cm³/mol. The van der Waals surface area contributed by atoms with E-state index in [2.05, 4.69) is 15.0 Å². The van der Waals surface area contributed by atoms with Crippen molar-refractivity contribution in [3.63, 3.8) is 0 Å². The number of hydrogen-bond acceptors (Lipinski definition) is 4. The van der Waals surface area contributed by atoms with E-state index in [1.807, 2.05) is 0 Å². The van der Waals surface area contributed by atoms with Gasteiger partial charge in [0.05, 0.1) is 5.39 Å². The normalized spacial score (nSPS) is 10.6. The molecule has 0 saturated carbocycles. The van der Waals surface area contributed by atoms with Crippen molar-refractivity contribution in [3.8, 4) is 0 Å². The molecule has 5 heteroatoms. The van der Waals surface area contributed by atoms with Crippen LogP contribution in [0.25, 0.3) is 11.0 Å². The summed E-state index contributed by atoms with van der Waals surface area (Å²) in [4.78, 5) is 12.2. The number of rotatable bonds is 0. The number of nitrogens with zero attached hydrogens (tertiary/aromatic N) is 3. The van der Waals surface area contributed by atoms with Crippen LogP contribution in [0.2, 0.25) is 5.15 Å². The van der Waals surface area contributed by atoms with Crippen molar-refractivity contribution < 1.29 is 0 Å². The molecule has 0 fully saturated rings. The van der Waals surface area contributed by atoms with Gasteiger partial charge in [0.15, 0.2) is 5.65 Å². The Kier molecular flexibility index (Phi) is 1.77. The average molecular weight is 195 g/mol. The van der Waals surface area contributed by atoms with Crippen LogP contribution in [0, 0.1) is 6.92 Å². The molecule has 2 aromatic heterocycles. The zero-order valence-electron chi connectivity index (χ0n) is 6.95. The minimum absolute atomic E-state index is 0.412. The summed E-state index contributed by atoms with van der Waals surface area (Å²) in [6.45, 7) is 1.76. The van der Waals surface area contributed by atoms with Crippen molar-refractivity contribution in [1.82, 2.24) is 15.0 Å². The van der Waals surface area contributed by atoms with Gasteiger partial charge >= 0.3 is 0 Å². The zero-order valence-corrected chi connectivity index (χ0v) is 7.71. The number of nitrogens with two attached hydrogens (primary N) is 1. The van der Waals surface area contributed by atoms with E-state index in [0.717, 1.165) is 5.39 Å². The number of aromatic nitrogens is 3. The van der Waals surface area contributed by atoms with Crippen LogP contribution in [0.5, 0.6) is 0 Å². The van der Waals surface area contributed by atoms with E-state index in [9.17, 15) is 0 Å². The van der Waals surface area contributed by atoms with Gasteiger partial charge < -0.3 is 5.73 Å². The number of pyridine rings is 1. The Morgan fingerprint density at radius 3 is 2.77 bits per heavy atom. The highest BCUT2D eigenvalue weighted by molar-refractivity contribution is 6.33. The molecule has 66 valence electrons. The Bertz CT molecular complexity index is 464. The fraction of sp³-hybridized carbons (Fsp3) is 0.125. The van der Waals surface area contributed by atoms with E-state index in [1.165, 1.54) is 0 Å². The summed E-state index contributed by atoms with van der Waals surface area (Å²) in [5.41, 5.74) is 6.05. The first-order chi connectivity index (χ1) is 6.16. The fourth-order valence-corrected chi connectivity index (χ4v) is 1.36. The molecule has 0 unspecified atom stereocenters. The summed E-state index contributed by atoms with van der Waals surface area (Å²) >= 11 is 5.88. The summed E-state index contributed by atoms with van der Waals surface area (Å²) in [6, 6.07) is 3.44. The number of aryl methyl sites for hydroxylation is 1. The Labute approximate surface area is 79.8 Å². The molecule has 4 nitrogen and oxygen atoms in total. The van der Waals surface area contributed by atoms with E-state index >= 15 is 0 Å². The van der Waals surface area contributed by atoms with Gasteiger partial charge in [-0.25, -0.2) is 15.0 Å². The predicted octanol–water partition coefficient (Wildman–Crippen LogP) is 1.57.